The van der Waals surface area contributed by atoms with E-state index in [1.54, 1.807) is 18.7 Å². The maximum Gasteiger partial charge on any atom is 0.341 e. The third-order valence-corrected chi connectivity index (χ3v) is 3.09. The van der Waals surface area contributed by atoms with Gasteiger partial charge in [-0.05, 0) is 12.8 Å². The number of aliphatic hydroxyl groups excluding tert-OH is 1. The summed E-state index contributed by atoms with van der Waals surface area (Å²) in [6, 6.07) is -0.00931. The summed E-state index contributed by atoms with van der Waals surface area (Å²) in [4.78, 5) is 11.8. The van der Waals surface area contributed by atoms with Crippen molar-refractivity contribution >= 4 is 5.97 Å². The highest BCUT2D eigenvalue weighted by Gasteiger charge is 2.19. The number of aryl methyl sites for hydroxylation is 1. The Balaban J connectivity index is 2.77. The molecule has 0 aromatic carbocycles. The number of carbonyl (C=O) groups is 1. The predicted molar refractivity (Wildman–Crippen MR) is 71.7 cm³/mol. The number of nitrogens with one attached hydrogen (secondary N) is 1. The van der Waals surface area contributed by atoms with Crippen LogP contribution in [0, 0.1) is 5.92 Å². The van der Waals surface area contributed by atoms with E-state index >= 15 is 0 Å². The van der Waals surface area contributed by atoms with Crippen LogP contribution in [0.2, 0.25) is 0 Å². The van der Waals surface area contributed by atoms with Crippen molar-refractivity contribution in [2.75, 3.05) is 13.2 Å². The Morgan fingerprint density at radius 2 is 2.26 bits per heavy atom. The fraction of sp³-hybridized carbons (Fsp3) is 0.692. The molecule has 1 atom stereocenters. The molecule has 0 fully saturated rings. The zero-order chi connectivity index (χ0) is 14.4. The molecule has 0 saturated heterocycles. The van der Waals surface area contributed by atoms with Gasteiger partial charge >= 0.3 is 5.97 Å². The fourth-order valence-electron chi connectivity index (χ4n) is 1.79. The van der Waals surface area contributed by atoms with Gasteiger partial charge in [0, 0.05) is 19.6 Å². The summed E-state index contributed by atoms with van der Waals surface area (Å²) in [6.07, 6.45) is 1.51. The molecule has 108 valence electrons. The van der Waals surface area contributed by atoms with Gasteiger partial charge in [0.1, 0.15) is 5.56 Å². The summed E-state index contributed by atoms with van der Waals surface area (Å²) in [5.74, 6) is -0.0539. The highest BCUT2D eigenvalue weighted by atomic mass is 16.5. The van der Waals surface area contributed by atoms with Crippen molar-refractivity contribution in [1.29, 1.82) is 0 Å². The number of esters is 1. The van der Waals surface area contributed by atoms with Crippen LogP contribution >= 0.6 is 0 Å². The highest BCUT2D eigenvalue weighted by molar-refractivity contribution is 5.90. The van der Waals surface area contributed by atoms with E-state index in [0.29, 0.717) is 24.6 Å². The summed E-state index contributed by atoms with van der Waals surface area (Å²) in [7, 11) is 1.78. The van der Waals surface area contributed by atoms with Gasteiger partial charge in [-0.1, -0.05) is 13.8 Å². The molecule has 0 saturated carbocycles. The van der Waals surface area contributed by atoms with Gasteiger partial charge in [-0.2, -0.15) is 5.10 Å². The maximum atomic E-state index is 11.8. The van der Waals surface area contributed by atoms with Crippen LogP contribution in [0.3, 0.4) is 0 Å². The van der Waals surface area contributed by atoms with Crippen molar-refractivity contribution in [2.45, 2.75) is 33.4 Å². The van der Waals surface area contributed by atoms with E-state index in [2.05, 4.69) is 10.4 Å². The van der Waals surface area contributed by atoms with Crippen LogP contribution in [0.5, 0.6) is 0 Å². The number of aromatic nitrogens is 2. The topological polar surface area (TPSA) is 76.4 Å². The van der Waals surface area contributed by atoms with E-state index in [9.17, 15) is 9.90 Å². The smallest absolute Gasteiger partial charge is 0.341 e. The van der Waals surface area contributed by atoms with Crippen molar-refractivity contribution in [3.8, 4) is 0 Å². The minimum absolute atomic E-state index is 0.00931. The van der Waals surface area contributed by atoms with Gasteiger partial charge in [-0.3, -0.25) is 4.68 Å². The van der Waals surface area contributed by atoms with Crippen LogP contribution in [-0.2, 0) is 18.3 Å². The first-order chi connectivity index (χ1) is 9.01. The van der Waals surface area contributed by atoms with Crippen molar-refractivity contribution < 1.29 is 14.6 Å². The van der Waals surface area contributed by atoms with Crippen molar-refractivity contribution in [3.05, 3.63) is 17.5 Å². The second kappa shape index (κ2) is 7.25. The number of nitrogens with zero attached hydrogens (tertiary/aromatic N) is 2. The highest BCUT2D eigenvalue weighted by Crippen LogP contribution is 2.10. The lowest BCUT2D eigenvalue weighted by atomic mass is 10.1. The number of ether oxygens (including phenoxy) is 1. The van der Waals surface area contributed by atoms with Crippen molar-refractivity contribution in [1.82, 2.24) is 15.1 Å². The summed E-state index contributed by atoms with van der Waals surface area (Å²) < 4.78 is 6.64. The molecule has 0 spiro atoms. The van der Waals surface area contributed by atoms with Crippen molar-refractivity contribution in [3.63, 3.8) is 0 Å². The maximum absolute atomic E-state index is 11.8. The quantitative estimate of drug-likeness (QED) is 0.713. The second-order valence-corrected chi connectivity index (χ2v) is 4.76. The molecular formula is C13H23N3O3. The van der Waals surface area contributed by atoms with Crippen LogP contribution in [-0.4, -0.2) is 40.1 Å². The van der Waals surface area contributed by atoms with Crippen LogP contribution in [0.15, 0.2) is 6.20 Å². The molecule has 0 aliphatic heterocycles. The number of hydrogen-bond donors (Lipinski definition) is 2. The molecule has 0 radical (unpaired) electrons. The first-order valence-corrected chi connectivity index (χ1v) is 6.53. The van der Waals surface area contributed by atoms with Gasteiger partial charge in [-0.15, -0.1) is 0 Å². The Morgan fingerprint density at radius 1 is 1.58 bits per heavy atom. The largest absolute Gasteiger partial charge is 0.462 e. The molecule has 6 heteroatoms. The molecule has 1 aromatic heterocycles. The van der Waals surface area contributed by atoms with E-state index in [-0.39, 0.29) is 18.6 Å². The van der Waals surface area contributed by atoms with E-state index in [1.165, 1.54) is 6.20 Å². The number of rotatable bonds is 7. The second-order valence-electron chi connectivity index (χ2n) is 4.76. The zero-order valence-electron chi connectivity index (χ0n) is 12.0. The lowest BCUT2D eigenvalue weighted by Gasteiger charge is -2.20. The minimum atomic E-state index is -0.363. The zero-order valence-corrected chi connectivity index (χ0v) is 12.0. The molecule has 0 amide bonds. The van der Waals surface area contributed by atoms with Gasteiger partial charge in [0.05, 0.1) is 25.1 Å². The molecule has 0 aliphatic carbocycles. The molecule has 0 bridgehead atoms. The lowest BCUT2D eigenvalue weighted by molar-refractivity contribution is 0.0524. The Hall–Kier alpha value is -1.40. The lowest BCUT2D eigenvalue weighted by Crippen LogP contribution is -2.37. The van der Waals surface area contributed by atoms with Crippen LogP contribution in [0.4, 0.5) is 0 Å². The first kappa shape index (κ1) is 15.7. The summed E-state index contributed by atoms with van der Waals surface area (Å²) >= 11 is 0. The predicted octanol–water partition coefficient (Wildman–Crippen LogP) is 0.703. The van der Waals surface area contributed by atoms with Crippen molar-refractivity contribution in [2.24, 2.45) is 13.0 Å². The van der Waals surface area contributed by atoms with Gasteiger partial charge < -0.3 is 15.2 Å². The molecule has 1 aromatic rings. The fourth-order valence-corrected chi connectivity index (χ4v) is 1.79. The van der Waals surface area contributed by atoms with Crippen LogP contribution < -0.4 is 5.32 Å². The van der Waals surface area contributed by atoms with Gasteiger partial charge in [0.15, 0.2) is 0 Å². The van der Waals surface area contributed by atoms with Crippen LogP contribution in [0.25, 0.3) is 0 Å². The summed E-state index contributed by atoms with van der Waals surface area (Å²) in [5, 5.41) is 16.6. The van der Waals surface area contributed by atoms with Crippen LogP contribution in [0.1, 0.15) is 36.8 Å². The van der Waals surface area contributed by atoms with Gasteiger partial charge in [0.2, 0.25) is 0 Å². The van der Waals surface area contributed by atoms with E-state index in [4.69, 9.17) is 4.74 Å². The van der Waals surface area contributed by atoms with E-state index in [0.717, 1.165) is 5.69 Å². The Labute approximate surface area is 113 Å². The van der Waals surface area contributed by atoms with E-state index < -0.39 is 0 Å². The Morgan fingerprint density at radius 3 is 2.79 bits per heavy atom. The normalized spacial score (nSPS) is 12.7. The number of hydrogen-bond acceptors (Lipinski definition) is 5. The third-order valence-electron chi connectivity index (χ3n) is 3.09. The number of carbonyl (C=O) groups excluding carboxylic acids is 1. The monoisotopic (exact) mass is 269 g/mol. The molecule has 1 unspecified atom stereocenters. The molecule has 6 nitrogen and oxygen atoms in total. The average molecular weight is 269 g/mol. The molecule has 0 aliphatic rings. The Bertz CT molecular complexity index is 415. The van der Waals surface area contributed by atoms with Gasteiger partial charge in [-0.25, -0.2) is 4.79 Å². The van der Waals surface area contributed by atoms with E-state index in [1.807, 2.05) is 13.8 Å². The minimum Gasteiger partial charge on any atom is -0.462 e. The molecule has 1 rings (SSSR count). The molecule has 19 heavy (non-hydrogen) atoms. The SMILES string of the molecule is CCOC(=O)c1cnn(C)c1CNC(CO)C(C)C. The average Bonchev–Trinajstić information content (AvgIpc) is 2.72. The summed E-state index contributed by atoms with van der Waals surface area (Å²) in [6.45, 7) is 6.70. The molecule has 1 heterocycles. The van der Waals surface area contributed by atoms with Gasteiger partial charge in [0.25, 0.3) is 0 Å². The molecule has 2 N–H and O–H groups in total. The molecular weight excluding hydrogens is 246 g/mol. The summed E-state index contributed by atoms with van der Waals surface area (Å²) in [5.41, 5.74) is 1.23. The Kier molecular flexibility index (Phi) is 5.98. The first-order valence-electron chi connectivity index (χ1n) is 6.53. The number of aliphatic hydroxyl groups is 1. The third kappa shape index (κ3) is 4.04. The standard InChI is InChI=1S/C13H23N3O3/c1-5-19-13(18)10-6-15-16(4)12(10)7-14-11(8-17)9(2)3/h6,9,11,14,17H,5,7-8H2,1-4H3.